The fourth-order valence-corrected chi connectivity index (χ4v) is 3.31. The minimum atomic E-state index is -0.411. The Balaban J connectivity index is 1.53. The van der Waals surface area contributed by atoms with Crippen molar-refractivity contribution in [2.24, 2.45) is 0 Å². The van der Waals surface area contributed by atoms with Gasteiger partial charge in [-0.2, -0.15) is 0 Å². The van der Waals surface area contributed by atoms with E-state index in [0.29, 0.717) is 22.5 Å². The molecule has 4 rings (SSSR count). The molecule has 0 spiro atoms. The first kappa shape index (κ1) is 19.4. The van der Waals surface area contributed by atoms with Crippen LogP contribution in [0.3, 0.4) is 0 Å². The molecule has 1 aromatic carbocycles. The van der Waals surface area contributed by atoms with Gasteiger partial charge in [-0.25, -0.2) is 4.85 Å². The highest BCUT2D eigenvalue weighted by molar-refractivity contribution is 6.04. The smallest absolute Gasteiger partial charge is 0.271 e. The number of H-pyrrole nitrogens is 1. The number of aromatic nitrogens is 2. The average Bonchev–Trinajstić information content (AvgIpc) is 2.81. The molecule has 0 saturated carbocycles. The van der Waals surface area contributed by atoms with Gasteiger partial charge in [-0.15, -0.1) is 0 Å². The van der Waals surface area contributed by atoms with E-state index in [1.807, 2.05) is 12.1 Å². The van der Waals surface area contributed by atoms with Crippen LogP contribution in [0.5, 0.6) is 0 Å². The van der Waals surface area contributed by atoms with Crippen molar-refractivity contribution >= 4 is 23.0 Å². The van der Waals surface area contributed by atoms with Gasteiger partial charge in [0.2, 0.25) is 0 Å². The van der Waals surface area contributed by atoms with Gasteiger partial charge in [0.15, 0.2) is 5.69 Å². The van der Waals surface area contributed by atoms with Crippen LogP contribution in [0, 0.1) is 6.57 Å². The third-order valence-electron chi connectivity index (χ3n) is 4.93. The van der Waals surface area contributed by atoms with Gasteiger partial charge in [0.05, 0.1) is 12.3 Å². The summed E-state index contributed by atoms with van der Waals surface area (Å²) in [7, 11) is 0. The summed E-state index contributed by atoms with van der Waals surface area (Å²) < 4.78 is 0. The van der Waals surface area contributed by atoms with Crippen LogP contribution < -0.4 is 21.1 Å². The fraction of sp³-hybridized carbons (Fsp3) is 0.182. The van der Waals surface area contributed by atoms with Gasteiger partial charge in [0, 0.05) is 55.4 Å². The van der Waals surface area contributed by atoms with Crippen LogP contribution in [0.25, 0.3) is 16.1 Å². The molecule has 3 heterocycles. The molecule has 1 amide bonds. The number of pyridine rings is 2. The fourth-order valence-electron chi connectivity index (χ4n) is 3.31. The first-order valence-corrected chi connectivity index (χ1v) is 9.58. The molecule has 1 aliphatic rings. The van der Waals surface area contributed by atoms with E-state index >= 15 is 0 Å². The molecule has 3 aromatic rings. The Morgan fingerprint density at radius 3 is 2.63 bits per heavy atom. The Labute approximate surface area is 173 Å². The third kappa shape index (κ3) is 4.21. The summed E-state index contributed by atoms with van der Waals surface area (Å²) in [5.41, 5.74) is 2.83. The normalized spacial score (nSPS) is 13.5. The molecule has 1 aliphatic heterocycles. The Bertz CT molecular complexity index is 1160. The van der Waals surface area contributed by atoms with Crippen LogP contribution in [0.15, 0.2) is 59.7 Å². The Kier molecular flexibility index (Phi) is 5.54. The highest BCUT2D eigenvalue weighted by Gasteiger charge is 2.13. The molecule has 0 bridgehead atoms. The van der Waals surface area contributed by atoms with Crippen molar-refractivity contribution in [3.63, 3.8) is 0 Å². The number of hydrogen-bond acceptors (Lipinski definition) is 5. The lowest BCUT2D eigenvalue weighted by Crippen LogP contribution is -2.43. The molecule has 150 valence electrons. The largest absolute Gasteiger partial charge is 0.369 e. The molecule has 8 heteroatoms. The van der Waals surface area contributed by atoms with Crippen molar-refractivity contribution in [1.82, 2.24) is 15.3 Å². The number of carbonyl (C=O) groups is 1. The monoisotopic (exact) mass is 400 g/mol. The zero-order valence-electron chi connectivity index (χ0n) is 16.2. The van der Waals surface area contributed by atoms with E-state index in [9.17, 15) is 9.59 Å². The molecular weight excluding hydrogens is 380 g/mol. The molecule has 0 atom stereocenters. The Morgan fingerprint density at radius 1 is 1.13 bits per heavy atom. The van der Waals surface area contributed by atoms with E-state index in [1.165, 1.54) is 12.4 Å². The highest BCUT2D eigenvalue weighted by atomic mass is 16.2. The zero-order chi connectivity index (χ0) is 20.9. The van der Waals surface area contributed by atoms with Crippen LogP contribution in [0.4, 0.5) is 17.1 Å². The number of piperazine rings is 1. The van der Waals surface area contributed by atoms with Gasteiger partial charge in [-0.1, -0.05) is 0 Å². The molecule has 2 aromatic heterocycles. The van der Waals surface area contributed by atoms with E-state index in [0.717, 1.165) is 31.9 Å². The SMILES string of the molecule is [C-]#[N+]c1ccnc(-c2c[nH]c(=O)c(NC(=O)c3ccc(N4CCNCC4)cc3)c2)c1. The number of carbonyl (C=O) groups excluding carboxylic acids is 1. The molecule has 0 aliphatic carbocycles. The molecule has 3 N–H and O–H groups in total. The maximum Gasteiger partial charge on any atom is 0.271 e. The first-order valence-electron chi connectivity index (χ1n) is 9.58. The molecule has 0 unspecified atom stereocenters. The summed E-state index contributed by atoms with van der Waals surface area (Å²) in [4.78, 5) is 37.4. The minimum absolute atomic E-state index is 0.124. The summed E-state index contributed by atoms with van der Waals surface area (Å²) in [5, 5.41) is 5.98. The predicted molar refractivity (Wildman–Crippen MR) is 116 cm³/mol. The number of rotatable bonds is 4. The van der Waals surface area contributed by atoms with E-state index in [2.05, 4.69) is 30.3 Å². The number of amides is 1. The Morgan fingerprint density at radius 2 is 1.90 bits per heavy atom. The van der Waals surface area contributed by atoms with Crippen molar-refractivity contribution in [3.8, 4) is 11.3 Å². The second-order valence-electron chi connectivity index (χ2n) is 6.88. The number of benzene rings is 1. The summed E-state index contributed by atoms with van der Waals surface area (Å²) in [5.74, 6) is -0.368. The van der Waals surface area contributed by atoms with E-state index in [4.69, 9.17) is 6.57 Å². The maximum absolute atomic E-state index is 12.7. The van der Waals surface area contributed by atoms with Crippen molar-refractivity contribution < 1.29 is 4.79 Å². The standard InChI is InChI=1S/C22H20N6O2/c1-23-17-6-7-25-19(13-17)16-12-20(22(30)26-14-16)27-21(29)15-2-4-18(5-3-15)28-10-8-24-9-11-28/h2-7,12-14,24H,8-11H2,(H,26,30)(H,27,29). The number of aromatic amines is 1. The van der Waals surface area contributed by atoms with Crippen LogP contribution >= 0.6 is 0 Å². The molecule has 1 fully saturated rings. The van der Waals surface area contributed by atoms with Crippen LogP contribution in [-0.2, 0) is 0 Å². The van der Waals surface area contributed by atoms with E-state index < -0.39 is 5.56 Å². The summed E-state index contributed by atoms with van der Waals surface area (Å²) in [6.07, 6.45) is 3.04. The second-order valence-corrected chi connectivity index (χ2v) is 6.88. The Hall–Kier alpha value is -3.96. The molecule has 30 heavy (non-hydrogen) atoms. The minimum Gasteiger partial charge on any atom is -0.369 e. The number of anilines is 2. The van der Waals surface area contributed by atoms with Gasteiger partial charge in [-0.3, -0.25) is 14.6 Å². The van der Waals surface area contributed by atoms with Crippen molar-refractivity contribution in [3.05, 3.63) is 82.2 Å². The number of nitrogens with zero attached hydrogens (tertiary/aromatic N) is 3. The zero-order valence-corrected chi connectivity index (χ0v) is 16.2. The molecule has 0 radical (unpaired) electrons. The number of nitrogens with one attached hydrogen (secondary N) is 3. The third-order valence-corrected chi connectivity index (χ3v) is 4.93. The summed E-state index contributed by atoms with van der Waals surface area (Å²) >= 11 is 0. The van der Waals surface area contributed by atoms with Crippen LogP contribution in [-0.4, -0.2) is 42.1 Å². The van der Waals surface area contributed by atoms with Crippen molar-refractivity contribution in [1.29, 1.82) is 0 Å². The topological polar surface area (TPSA) is 94.5 Å². The van der Waals surface area contributed by atoms with Gasteiger partial charge in [-0.05, 0) is 42.5 Å². The van der Waals surface area contributed by atoms with Gasteiger partial charge >= 0.3 is 0 Å². The summed E-state index contributed by atoms with van der Waals surface area (Å²) in [6.45, 7) is 10.9. The van der Waals surface area contributed by atoms with Crippen LogP contribution in [0.2, 0.25) is 0 Å². The average molecular weight is 400 g/mol. The van der Waals surface area contributed by atoms with E-state index in [-0.39, 0.29) is 11.6 Å². The van der Waals surface area contributed by atoms with E-state index in [1.54, 1.807) is 30.3 Å². The highest BCUT2D eigenvalue weighted by Crippen LogP contribution is 2.22. The van der Waals surface area contributed by atoms with Crippen LogP contribution in [0.1, 0.15) is 10.4 Å². The second kappa shape index (κ2) is 8.59. The lowest BCUT2D eigenvalue weighted by atomic mass is 10.1. The lowest BCUT2D eigenvalue weighted by molar-refractivity contribution is 0.102. The first-order chi connectivity index (χ1) is 14.6. The van der Waals surface area contributed by atoms with Gasteiger partial charge < -0.3 is 20.5 Å². The molecule has 1 saturated heterocycles. The maximum atomic E-state index is 12.7. The quantitative estimate of drug-likeness (QED) is 0.586. The van der Waals surface area contributed by atoms with Gasteiger partial charge in [0.1, 0.15) is 5.69 Å². The molecular formula is C22H20N6O2. The molecule has 8 nitrogen and oxygen atoms in total. The van der Waals surface area contributed by atoms with Crippen molar-refractivity contribution in [2.75, 3.05) is 36.4 Å². The lowest BCUT2D eigenvalue weighted by Gasteiger charge is -2.29. The summed E-state index contributed by atoms with van der Waals surface area (Å²) in [6, 6.07) is 12.1. The van der Waals surface area contributed by atoms with Crippen molar-refractivity contribution in [2.45, 2.75) is 0 Å². The number of hydrogen-bond donors (Lipinski definition) is 3. The van der Waals surface area contributed by atoms with Gasteiger partial charge in [0.25, 0.3) is 11.5 Å². The predicted octanol–water partition coefficient (Wildman–Crippen LogP) is 2.65.